The number of nitrogen functional groups attached to an aromatic ring is 1. The van der Waals surface area contributed by atoms with E-state index in [4.69, 9.17) is 5.73 Å². The largest absolute Gasteiger partial charge is 0.399 e. The first-order chi connectivity index (χ1) is 11.4. The van der Waals surface area contributed by atoms with Crippen molar-refractivity contribution in [2.45, 2.75) is 44.6 Å². The molecule has 2 aromatic carbocycles. The standard InChI is InChI=1S/C20H23FN2O/c1-20(2,14-6-8-15(21)9-7-14)19(24)23-18-5-3-4-13-12-16(22)10-11-17(13)18/h6-12,18H,3-5,22H2,1-2H3,(H,23,24). The number of fused-ring (bicyclic) bond motifs is 1. The number of anilines is 1. The SMILES string of the molecule is CC(C)(C(=O)NC1CCCc2cc(N)ccc21)c1ccc(F)cc1. The van der Waals surface area contributed by atoms with Crippen molar-refractivity contribution in [3.63, 3.8) is 0 Å². The number of halogens is 1. The number of benzene rings is 2. The molecule has 3 N–H and O–H groups in total. The minimum atomic E-state index is -0.723. The Morgan fingerprint density at radius 2 is 1.92 bits per heavy atom. The van der Waals surface area contributed by atoms with Crippen LogP contribution in [0.15, 0.2) is 42.5 Å². The molecule has 0 fully saturated rings. The van der Waals surface area contributed by atoms with Gasteiger partial charge in [0.1, 0.15) is 5.82 Å². The molecule has 3 nitrogen and oxygen atoms in total. The highest BCUT2D eigenvalue weighted by atomic mass is 19.1. The molecule has 3 rings (SSSR count). The van der Waals surface area contributed by atoms with Crippen LogP contribution in [-0.2, 0) is 16.6 Å². The normalized spacial score (nSPS) is 17.2. The number of hydrogen-bond acceptors (Lipinski definition) is 2. The van der Waals surface area contributed by atoms with Crippen LogP contribution in [0.3, 0.4) is 0 Å². The molecule has 2 aromatic rings. The Labute approximate surface area is 142 Å². The van der Waals surface area contributed by atoms with Crippen molar-refractivity contribution in [2.75, 3.05) is 5.73 Å². The van der Waals surface area contributed by atoms with E-state index in [2.05, 4.69) is 5.32 Å². The Bertz CT molecular complexity index is 753. The highest BCUT2D eigenvalue weighted by Crippen LogP contribution is 2.32. The molecule has 0 aromatic heterocycles. The summed E-state index contributed by atoms with van der Waals surface area (Å²) in [5.74, 6) is -0.350. The summed E-state index contributed by atoms with van der Waals surface area (Å²) in [4.78, 5) is 12.9. The van der Waals surface area contributed by atoms with Gasteiger partial charge in [-0.15, -0.1) is 0 Å². The van der Waals surface area contributed by atoms with Gasteiger partial charge >= 0.3 is 0 Å². The maximum absolute atomic E-state index is 13.1. The van der Waals surface area contributed by atoms with Crippen LogP contribution >= 0.6 is 0 Å². The molecular weight excluding hydrogens is 303 g/mol. The minimum absolute atomic E-state index is 0.00146. The Balaban J connectivity index is 1.81. The lowest BCUT2D eigenvalue weighted by Crippen LogP contribution is -2.42. The van der Waals surface area contributed by atoms with Gasteiger partial charge in [0.05, 0.1) is 11.5 Å². The lowest BCUT2D eigenvalue weighted by atomic mass is 9.82. The molecule has 24 heavy (non-hydrogen) atoms. The van der Waals surface area contributed by atoms with E-state index < -0.39 is 5.41 Å². The summed E-state index contributed by atoms with van der Waals surface area (Å²) in [6.07, 6.45) is 2.94. The zero-order chi connectivity index (χ0) is 17.3. The molecule has 126 valence electrons. The van der Waals surface area contributed by atoms with Gasteiger partial charge in [-0.3, -0.25) is 4.79 Å². The highest BCUT2D eigenvalue weighted by Gasteiger charge is 2.32. The fourth-order valence-electron chi connectivity index (χ4n) is 3.32. The van der Waals surface area contributed by atoms with Crippen LogP contribution in [0.25, 0.3) is 0 Å². The third-order valence-electron chi connectivity index (χ3n) is 4.92. The van der Waals surface area contributed by atoms with Crippen LogP contribution in [0.4, 0.5) is 10.1 Å². The number of amides is 1. The van der Waals surface area contributed by atoms with Gasteiger partial charge in [0.15, 0.2) is 0 Å². The van der Waals surface area contributed by atoms with Crippen LogP contribution < -0.4 is 11.1 Å². The van der Waals surface area contributed by atoms with Gasteiger partial charge in [-0.25, -0.2) is 4.39 Å². The zero-order valence-electron chi connectivity index (χ0n) is 14.1. The molecular formula is C20H23FN2O. The number of aryl methyl sites for hydroxylation is 1. The molecule has 0 aliphatic heterocycles. The molecule has 0 heterocycles. The summed E-state index contributed by atoms with van der Waals surface area (Å²) in [5, 5.41) is 3.17. The Morgan fingerprint density at radius 3 is 2.62 bits per heavy atom. The van der Waals surface area contributed by atoms with Crippen LogP contribution in [0.1, 0.15) is 49.4 Å². The van der Waals surface area contributed by atoms with Crippen molar-refractivity contribution in [3.8, 4) is 0 Å². The van der Waals surface area contributed by atoms with Crippen molar-refractivity contribution in [2.24, 2.45) is 0 Å². The quantitative estimate of drug-likeness (QED) is 0.841. The maximum Gasteiger partial charge on any atom is 0.230 e. The van der Waals surface area contributed by atoms with E-state index in [1.807, 2.05) is 32.0 Å². The Hall–Kier alpha value is -2.36. The van der Waals surface area contributed by atoms with Crippen LogP contribution in [0.5, 0.6) is 0 Å². The summed E-state index contributed by atoms with van der Waals surface area (Å²) < 4.78 is 13.1. The number of rotatable bonds is 3. The second-order valence-corrected chi connectivity index (χ2v) is 7.01. The van der Waals surface area contributed by atoms with Crippen LogP contribution in [0.2, 0.25) is 0 Å². The molecule has 1 aliphatic rings. The molecule has 1 amide bonds. The topological polar surface area (TPSA) is 55.1 Å². The summed E-state index contributed by atoms with van der Waals surface area (Å²) in [6, 6.07) is 12.0. The summed E-state index contributed by atoms with van der Waals surface area (Å²) in [5.41, 5.74) is 9.07. The van der Waals surface area contributed by atoms with Crippen molar-refractivity contribution >= 4 is 11.6 Å². The van der Waals surface area contributed by atoms with Crippen LogP contribution in [-0.4, -0.2) is 5.91 Å². The smallest absolute Gasteiger partial charge is 0.230 e. The number of carbonyl (C=O) groups excluding carboxylic acids is 1. The first-order valence-electron chi connectivity index (χ1n) is 8.33. The number of nitrogens with two attached hydrogens (primary N) is 1. The number of hydrogen-bond donors (Lipinski definition) is 2. The van der Waals surface area contributed by atoms with E-state index in [9.17, 15) is 9.18 Å². The van der Waals surface area contributed by atoms with Gasteiger partial charge in [0, 0.05) is 5.69 Å². The predicted molar refractivity (Wildman–Crippen MR) is 94.1 cm³/mol. The highest BCUT2D eigenvalue weighted by molar-refractivity contribution is 5.87. The van der Waals surface area contributed by atoms with Crippen molar-refractivity contribution in [1.82, 2.24) is 5.32 Å². The summed E-state index contributed by atoms with van der Waals surface area (Å²) in [6.45, 7) is 3.73. The van der Waals surface area contributed by atoms with Crippen molar-refractivity contribution in [1.29, 1.82) is 0 Å². The Morgan fingerprint density at radius 1 is 1.21 bits per heavy atom. The van der Waals surface area contributed by atoms with E-state index in [0.717, 1.165) is 36.1 Å². The third-order valence-corrected chi connectivity index (χ3v) is 4.92. The Kier molecular flexibility index (Phi) is 4.31. The second-order valence-electron chi connectivity index (χ2n) is 7.01. The van der Waals surface area contributed by atoms with Gasteiger partial charge in [-0.1, -0.05) is 18.2 Å². The van der Waals surface area contributed by atoms with Crippen molar-refractivity contribution in [3.05, 3.63) is 65.0 Å². The number of carbonyl (C=O) groups is 1. The first kappa shape index (κ1) is 16.5. The van der Waals surface area contributed by atoms with E-state index in [-0.39, 0.29) is 17.8 Å². The minimum Gasteiger partial charge on any atom is -0.399 e. The second kappa shape index (κ2) is 6.27. The predicted octanol–water partition coefficient (Wildman–Crippen LogP) is 3.88. The molecule has 0 spiro atoms. The van der Waals surface area contributed by atoms with E-state index in [1.165, 1.54) is 17.7 Å². The van der Waals surface area contributed by atoms with Crippen molar-refractivity contribution < 1.29 is 9.18 Å². The van der Waals surface area contributed by atoms with Gasteiger partial charge < -0.3 is 11.1 Å². The molecule has 1 atom stereocenters. The lowest BCUT2D eigenvalue weighted by molar-refractivity contribution is -0.126. The molecule has 0 saturated carbocycles. The molecule has 0 saturated heterocycles. The third kappa shape index (κ3) is 3.14. The van der Waals surface area contributed by atoms with Crippen LogP contribution in [0, 0.1) is 5.82 Å². The fraction of sp³-hybridized carbons (Fsp3) is 0.350. The maximum atomic E-state index is 13.1. The fourth-order valence-corrected chi connectivity index (χ4v) is 3.32. The molecule has 1 unspecified atom stereocenters. The van der Waals surface area contributed by atoms with Gasteiger partial charge in [0.25, 0.3) is 0 Å². The average molecular weight is 326 g/mol. The van der Waals surface area contributed by atoms with Gasteiger partial charge in [-0.2, -0.15) is 0 Å². The number of nitrogens with one attached hydrogen (secondary N) is 1. The first-order valence-corrected chi connectivity index (χ1v) is 8.33. The average Bonchev–Trinajstić information content (AvgIpc) is 2.55. The molecule has 1 aliphatic carbocycles. The summed E-state index contributed by atoms with van der Waals surface area (Å²) in [7, 11) is 0. The van der Waals surface area contributed by atoms with Gasteiger partial charge in [0.2, 0.25) is 5.91 Å². The summed E-state index contributed by atoms with van der Waals surface area (Å²) >= 11 is 0. The van der Waals surface area contributed by atoms with E-state index >= 15 is 0 Å². The van der Waals surface area contributed by atoms with E-state index in [0.29, 0.717) is 0 Å². The molecule has 0 radical (unpaired) electrons. The molecule has 4 heteroatoms. The molecule has 0 bridgehead atoms. The van der Waals surface area contributed by atoms with E-state index in [1.54, 1.807) is 12.1 Å². The zero-order valence-corrected chi connectivity index (χ0v) is 14.1. The monoisotopic (exact) mass is 326 g/mol. The lowest BCUT2D eigenvalue weighted by Gasteiger charge is -2.31. The van der Waals surface area contributed by atoms with Gasteiger partial charge in [-0.05, 0) is 74.1 Å².